The molecule has 0 aliphatic rings. The van der Waals surface area contributed by atoms with E-state index >= 15 is 0 Å². The van der Waals surface area contributed by atoms with Crippen molar-refractivity contribution in [3.8, 4) is 11.3 Å². The fraction of sp³-hybridized carbons (Fsp3) is 0.429. The van der Waals surface area contributed by atoms with Crippen LogP contribution in [0.25, 0.3) is 16.9 Å². The van der Waals surface area contributed by atoms with Gasteiger partial charge in [-0.05, 0) is 27.7 Å². The molecular weight excluding hydrogens is 322 g/mol. The van der Waals surface area contributed by atoms with E-state index in [4.69, 9.17) is 5.10 Å². The fourth-order valence-electron chi connectivity index (χ4n) is 3.25. The molecule has 2 aromatic heterocycles. The van der Waals surface area contributed by atoms with Gasteiger partial charge in [-0.1, -0.05) is 29.8 Å². The topological polar surface area (TPSA) is 46.7 Å². The molecule has 0 saturated heterocycles. The molecule has 2 heterocycles. The Balaban J connectivity index is 1.78. The van der Waals surface area contributed by atoms with Crippen LogP contribution >= 0.6 is 0 Å². The molecule has 0 fully saturated rings. The fourth-order valence-corrected chi connectivity index (χ4v) is 3.25. The van der Waals surface area contributed by atoms with Crippen LogP contribution in [0.5, 0.6) is 0 Å². The minimum Gasteiger partial charge on any atom is -0.370 e. The molecule has 0 unspecified atom stereocenters. The molecule has 0 spiro atoms. The van der Waals surface area contributed by atoms with Gasteiger partial charge in [0.05, 0.1) is 25.3 Å². The lowest BCUT2D eigenvalue weighted by atomic mass is 10.1. The van der Waals surface area contributed by atoms with E-state index in [9.17, 15) is 0 Å². The van der Waals surface area contributed by atoms with Gasteiger partial charge in [0.1, 0.15) is 5.82 Å². The van der Waals surface area contributed by atoms with Gasteiger partial charge >= 0.3 is 0 Å². The van der Waals surface area contributed by atoms with Crippen molar-refractivity contribution >= 4 is 11.5 Å². The van der Waals surface area contributed by atoms with E-state index in [2.05, 4.69) is 67.5 Å². The third kappa shape index (κ3) is 4.22. The number of fused-ring (bicyclic) bond motifs is 1. The van der Waals surface area contributed by atoms with E-state index in [1.807, 2.05) is 11.4 Å². The summed E-state index contributed by atoms with van der Waals surface area (Å²) in [4.78, 5) is 6.28. The van der Waals surface area contributed by atoms with Crippen LogP contribution in [0.2, 0.25) is 0 Å². The number of benzene rings is 1. The molecule has 5 nitrogen and oxygen atoms in total. The van der Waals surface area contributed by atoms with Crippen molar-refractivity contribution in [2.24, 2.45) is 0 Å². The van der Waals surface area contributed by atoms with Crippen molar-refractivity contribution in [2.75, 3.05) is 31.5 Å². The Kier molecular flexibility index (Phi) is 5.89. The van der Waals surface area contributed by atoms with Crippen molar-refractivity contribution in [1.29, 1.82) is 0 Å². The van der Waals surface area contributed by atoms with E-state index in [0.29, 0.717) is 0 Å². The molecule has 0 saturated carbocycles. The normalized spacial score (nSPS) is 11.4. The summed E-state index contributed by atoms with van der Waals surface area (Å²) in [7, 11) is 0. The highest BCUT2D eigenvalue weighted by molar-refractivity contribution is 5.66. The molecule has 5 heteroatoms. The first kappa shape index (κ1) is 18.4. The highest BCUT2D eigenvalue weighted by atomic mass is 15.3. The van der Waals surface area contributed by atoms with E-state index < -0.39 is 0 Å². The minimum absolute atomic E-state index is 0.887. The lowest BCUT2D eigenvalue weighted by Gasteiger charge is -2.15. The maximum atomic E-state index is 4.79. The molecule has 1 aromatic carbocycles. The van der Waals surface area contributed by atoms with Crippen LogP contribution in [-0.2, 0) is 0 Å². The van der Waals surface area contributed by atoms with E-state index in [0.717, 1.165) is 41.4 Å². The molecule has 0 aliphatic heterocycles. The zero-order valence-electron chi connectivity index (χ0n) is 16.3. The summed E-state index contributed by atoms with van der Waals surface area (Å²) in [5.41, 5.74) is 5.22. The number of hydrogen-bond acceptors (Lipinski definition) is 3. The zero-order valence-corrected chi connectivity index (χ0v) is 16.3. The van der Waals surface area contributed by atoms with Gasteiger partial charge in [-0.2, -0.15) is 9.61 Å². The average Bonchev–Trinajstić information content (AvgIpc) is 3.06. The van der Waals surface area contributed by atoms with Gasteiger partial charge in [0, 0.05) is 36.4 Å². The highest BCUT2D eigenvalue weighted by Crippen LogP contribution is 2.22. The lowest BCUT2D eigenvalue weighted by Crippen LogP contribution is -3.11. The highest BCUT2D eigenvalue weighted by Gasteiger charge is 2.10. The molecule has 138 valence electrons. The van der Waals surface area contributed by atoms with Gasteiger partial charge in [-0.15, -0.1) is 0 Å². The molecule has 2 N–H and O–H groups in total. The van der Waals surface area contributed by atoms with Gasteiger partial charge < -0.3 is 10.2 Å². The summed E-state index contributed by atoms with van der Waals surface area (Å²) >= 11 is 0. The predicted octanol–water partition coefficient (Wildman–Crippen LogP) is 2.74. The van der Waals surface area contributed by atoms with Crippen LogP contribution < -0.4 is 10.2 Å². The van der Waals surface area contributed by atoms with Crippen molar-refractivity contribution in [3.63, 3.8) is 0 Å². The Morgan fingerprint density at radius 2 is 1.77 bits per heavy atom. The second-order valence-corrected chi connectivity index (χ2v) is 6.94. The zero-order chi connectivity index (χ0) is 18.5. The lowest BCUT2D eigenvalue weighted by molar-refractivity contribution is -0.896. The summed E-state index contributed by atoms with van der Waals surface area (Å²) in [6.45, 7) is 13.1. The second-order valence-electron chi connectivity index (χ2n) is 6.94. The molecule has 0 bridgehead atoms. The van der Waals surface area contributed by atoms with Crippen LogP contribution in [0.4, 0.5) is 5.82 Å². The van der Waals surface area contributed by atoms with Crippen LogP contribution in [-0.4, -0.2) is 40.8 Å². The van der Waals surface area contributed by atoms with Crippen LogP contribution in [0, 0.1) is 13.8 Å². The first-order valence-corrected chi connectivity index (χ1v) is 9.62. The Morgan fingerprint density at radius 1 is 1.04 bits per heavy atom. The number of nitrogens with one attached hydrogen (secondary N) is 2. The molecule has 0 amide bonds. The van der Waals surface area contributed by atoms with E-state index in [1.165, 1.54) is 25.2 Å². The Hall–Kier alpha value is -2.40. The number of anilines is 1. The van der Waals surface area contributed by atoms with Crippen molar-refractivity contribution in [2.45, 2.75) is 34.1 Å². The average molecular weight is 353 g/mol. The molecular formula is C21H30N5+. The van der Waals surface area contributed by atoms with Gasteiger partial charge in [0.2, 0.25) is 0 Å². The molecule has 0 radical (unpaired) electrons. The number of aromatic nitrogens is 3. The third-order valence-electron chi connectivity index (χ3n) is 4.92. The van der Waals surface area contributed by atoms with Crippen molar-refractivity contribution < 1.29 is 4.90 Å². The summed E-state index contributed by atoms with van der Waals surface area (Å²) in [6.07, 6.45) is 1.14. The van der Waals surface area contributed by atoms with Gasteiger partial charge in [0.25, 0.3) is 0 Å². The third-order valence-corrected chi connectivity index (χ3v) is 4.92. The summed E-state index contributed by atoms with van der Waals surface area (Å²) in [5, 5.41) is 8.34. The minimum atomic E-state index is 0.887. The maximum Gasteiger partial charge on any atom is 0.158 e. The second kappa shape index (κ2) is 8.32. The first-order chi connectivity index (χ1) is 12.6. The maximum absolute atomic E-state index is 4.79. The molecule has 3 aromatic rings. The van der Waals surface area contributed by atoms with E-state index in [1.54, 1.807) is 4.90 Å². The van der Waals surface area contributed by atoms with E-state index in [-0.39, 0.29) is 0 Å². The van der Waals surface area contributed by atoms with Gasteiger partial charge in [0.15, 0.2) is 5.65 Å². The van der Waals surface area contributed by atoms with Gasteiger partial charge in [-0.3, -0.25) is 0 Å². The van der Waals surface area contributed by atoms with Crippen molar-refractivity contribution in [3.05, 3.63) is 47.7 Å². The molecule has 26 heavy (non-hydrogen) atoms. The van der Waals surface area contributed by atoms with Crippen LogP contribution in [0.1, 0.15) is 31.5 Å². The Morgan fingerprint density at radius 3 is 2.46 bits per heavy atom. The van der Waals surface area contributed by atoms with Crippen LogP contribution in [0.15, 0.2) is 36.4 Å². The number of quaternary nitrogens is 1. The predicted molar refractivity (Wildman–Crippen MR) is 108 cm³/mol. The SMILES string of the molecule is CC[NH+](CC)CCCNc1cc(C)nc2cc(-c3ccc(C)cc3)nn12. The molecule has 3 rings (SSSR count). The first-order valence-electron chi connectivity index (χ1n) is 9.62. The molecule has 0 aliphatic carbocycles. The smallest absolute Gasteiger partial charge is 0.158 e. The van der Waals surface area contributed by atoms with Crippen molar-refractivity contribution in [1.82, 2.24) is 14.6 Å². The molecule has 0 atom stereocenters. The largest absolute Gasteiger partial charge is 0.370 e. The number of nitrogens with zero attached hydrogens (tertiary/aromatic N) is 3. The van der Waals surface area contributed by atoms with Gasteiger partial charge in [-0.25, -0.2) is 4.98 Å². The monoisotopic (exact) mass is 352 g/mol. The summed E-state index contributed by atoms with van der Waals surface area (Å²) in [6, 6.07) is 12.6. The number of hydrogen-bond donors (Lipinski definition) is 2. The number of aryl methyl sites for hydroxylation is 2. The Labute approximate surface area is 156 Å². The standard InChI is InChI=1S/C21H29N5/c1-5-25(6-2)13-7-12-22-20-14-17(4)23-21-15-19(24-26(20)21)18-10-8-16(3)9-11-18/h8-11,14-15,22H,5-7,12-13H2,1-4H3/p+1. The Bertz CT molecular complexity index is 847. The summed E-state index contributed by atoms with van der Waals surface area (Å²) in [5.74, 6) is 1.01. The quantitative estimate of drug-likeness (QED) is 0.613. The van der Waals surface area contributed by atoms with Crippen LogP contribution in [0.3, 0.4) is 0 Å². The summed E-state index contributed by atoms with van der Waals surface area (Å²) < 4.78 is 1.92. The number of rotatable bonds is 8.